The van der Waals surface area contributed by atoms with Gasteiger partial charge in [0.15, 0.2) is 0 Å². The van der Waals surface area contributed by atoms with Gasteiger partial charge in [-0.25, -0.2) is 4.79 Å². The SMILES string of the molecule is Cc1cccc(Cl)c1NC(=O)Nc1cccc2ccccc12. The van der Waals surface area contributed by atoms with E-state index in [0.717, 1.165) is 22.0 Å². The first-order valence-corrected chi connectivity index (χ1v) is 7.34. The molecule has 0 heterocycles. The van der Waals surface area contributed by atoms with Gasteiger partial charge < -0.3 is 10.6 Å². The molecule has 0 radical (unpaired) electrons. The minimum atomic E-state index is -0.312. The van der Waals surface area contributed by atoms with Gasteiger partial charge in [0.2, 0.25) is 0 Å². The van der Waals surface area contributed by atoms with Crippen LogP contribution in [0.5, 0.6) is 0 Å². The second-order valence-corrected chi connectivity index (χ2v) is 5.44. The molecule has 0 aliphatic carbocycles. The van der Waals surface area contributed by atoms with E-state index in [4.69, 9.17) is 11.6 Å². The van der Waals surface area contributed by atoms with E-state index < -0.39 is 0 Å². The number of urea groups is 1. The van der Waals surface area contributed by atoms with Crippen LogP contribution in [0, 0.1) is 6.92 Å². The van der Waals surface area contributed by atoms with Crippen molar-refractivity contribution >= 4 is 39.8 Å². The van der Waals surface area contributed by atoms with Crippen molar-refractivity contribution in [1.29, 1.82) is 0 Å². The number of rotatable bonds is 2. The molecule has 22 heavy (non-hydrogen) atoms. The van der Waals surface area contributed by atoms with Crippen LogP contribution in [0.25, 0.3) is 10.8 Å². The fourth-order valence-electron chi connectivity index (χ4n) is 2.39. The quantitative estimate of drug-likeness (QED) is 0.649. The van der Waals surface area contributed by atoms with E-state index in [1.807, 2.05) is 61.5 Å². The molecule has 0 atom stereocenters. The summed E-state index contributed by atoms with van der Waals surface area (Å²) in [5, 5.41) is 8.28. The molecule has 3 rings (SSSR count). The van der Waals surface area contributed by atoms with Gasteiger partial charge in [-0.15, -0.1) is 0 Å². The van der Waals surface area contributed by atoms with Gasteiger partial charge in [-0.05, 0) is 30.0 Å². The largest absolute Gasteiger partial charge is 0.323 e. The lowest BCUT2D eigenvalue weighted by atomic mass is 10.1. The van der Waals surface area contributed by atoms with Gasteiger partial charge in [0.05, 0.1) is 16.4 Å². The summed E-state index contributed by atoms with van der Waals surface area (Å²) in [6.45, 7) is 1.90. The van der Waals surface area contributed by atoms with Gasteiger partial charge in [-0.2, -0.15) is 0 Å². The van der Waals surface area contributed by atoms with Crippen LogP contribution in [0.3, 0.4) is 0 Å². The van der Waals surface area contributed by atoms with Crippen LogP contribution in [-0.2, 0) is 0 Å². The lowest BCUT2D eigenvalue weighted by molar-refractivity contribution is 0.262. The summed E-state index contributed by atoms with van der Waals surface area (Å²) in [7, 11) is 0. The molecule has 0 spiro atoms. The number of nitrogens with one attached hydrogen (secondary N) is 2. The first kappa shape index (κ1) is 14.4. The molecule has 3 nitrogen and oxygen atoms in total. The molecule has 0 aliphatic heterocycles. The molecular formula is C18H15ClN2O. The highest BCUT2D eigenvalue weighted by Crippen LogP contribution is 2.26. The third-order valence-electron chi connectivity index (χ3n) is 3.50. The molecule has 0 unspecified atom stereocenters. The van der Waals surface area contributed by atoms with Crippen LogP contribution < -0.4 is 10.6 Å². The van der Waals surface area contributed by atoms with Crippen molar-refractivity contribution in [2.75, 3.05) is 10.6 Å². The molecule has 2 amide bonds. The topological polar surface area (TPSA) is 41.1 Å². The molecule has 0 aliphatic rings. The second kappa shape index (κ2) is 6.08. The molecule has 0 bridgehead atoms. The molecule has 3 aromatic rings. The van der Waals surface area contributed by atoms with Gasteiger partial charge in [-0.1, -0.05) is 60.1 Å². The number of amides is 2. The van der Waals surface area contributed by atoms with E-state index in [1.165, 1.54) is 0 Å². The molecule has 0 fully saturated rings. The Hall–Kier alpha value is -2.52. The summed E-state index contributed by atoms with van der Waals surface area (Å²) in [6, 6.07) is 18.9. The van der Waals surface area contributed by atoms with E-state index in [0.29, 0.717) is 10.7 Å². The Morgan fingerprint density at radius 1 is 0.909 bits per heavy atom. The first-order valence-electron chi connectivity index (χ1n) is 6.96. The molecule has 0 saturated heterocycles. The zero-order valence-corrected chi connectivity index (χ0v) is 12.8. The van der Waals surface area contributed by atoms with E-state index in [-0.39, 0.29) is 6.03 Å². The lowest BCUT2D eigenvalue weighted by Gasteiger charge is -2.12. The first-order chi connectivity index (χ1) is 10.6. The second-order valence-electron chi connectivity index (χ2n) is 5.04. The van der Waals surface area contributed by atoms with Crippen LogP contribution >= 0.6 is 11.6 Å². The number of hydrogen-bond acceptors (Lipinski definition) is 1. The molecule has 3 aromatic carbocycles. The molecule has 110 valence electrons. The minimum absolute atomic E-state index is 0.312. The molecule has 0 saturated carbocycles. The number of hydrogen-bond donors (Lipinski definition) is 2. The highest BCUT2D eigenvalue weighted by molar-refractivity contribution is 6.34. The van der Waals surface area contributed by atoms with Crippen molar-refractivity contribution in [3.05, 3.63) is 71.2 Å². The van der Waals surface area contributed by atoms with E-state index in [2.05, 4.69) is 10.6 Å². The van der Waals surface area contributed by atoms with Crippen molar-refractivity contribution in [2.24, 2.45) is 0 Å². The van der Waals surface area contributed by atoms with Crippen LogP contribution in [0.1, 0.15) is 5.56 Å². The fraction of sp³-hybridized carbons (Fsp3) is 0.0556. The van der Waals surface area contributed by atoms with Gasteiger partial charge in [-0.3, -0.25) is 0 Å². The summed E-state index contributed by atoms with van der Waals surface area (Å²) >= 11 is 6.13. The van der Waals surface area contributed by atoms with Gasteiger partial charge in [0, 0.05) is 5.39 Å². The van der Waals surface area contributed by atoms with Crippen LogP contribution in [0.15, 0.2) is 60.7 Å². The van der Waals surface area contributed by atoms with Crippen molar-refractivity contribution < 1.29 is 4.79 Å². The van der Waals surface area contributed by atoms with Gasteiger partial charge in [0.1, 0.15) is 0 Å². The van der Waals surface area contributed by atoms with Crippen molar-refractivity contribution in [2.45, 2.75) is 6.92 Å². The number of carbonyl (C=O) groups excluding carboxylic acids is 1. The highest BCUT2D eigenvalue weighted by atomic mass is 35.5. The van der Waals surface area contributed by atoms with Crippen LogP contribution in [0.4, 0.5) is 16.2 Å². The lowest BCUT2D eigenvalue weighted by Crippen LogP contribution is -2.20. The average molecular weight is 311 g/mol. The summed E-state index contributed by atoms with van der Waals surface area (Å²) < 4.78 is 0. The number of aryl methyl sites for hydroxylation is 1. The van der Waals surface area contributed by atoms with Crippen molar-refractivity contribution in [1.82, 2.24) is 0 Å². The number of anilines is 2. The summed E-state index contributed by atoms with van der Waals surface area (Å²) in [6.07, 6.45) is 0. The maximum Gasteiger partial charge on any atom is 0.323 e. The normalized spacial score (nSPS) is 10.5. The summed E-state index contributed by atoms with van der Waals surface area (Å²) in [5.41, 5.74) is 2.31. The Morgan fingerprint density at radius 2 is 1.64 bits per heavy atom. The highest BCUT2D eigenvalue weighted by Gasteiger charge is 2.09. The predicted molar refractivity (Wildman–Crippen MR) is 92.8 cm³/mol. The zero-order chi connectivity index (χ0) is 15.5. The zero-order valence-electron chi connectivity index (χ0n) is 12.1. The Bertz CT molecular complexity index is 820. The Balaban J connectivity index is 1.85. The monoisotopic (exact) mass is 310 g/mol. The maximum atomic E-state index is 12.2. The van der Waals surface area contributed by atoms with E-state index in [9.17, 15) is 4.79 Å². The third-order valence-corrected chi connectivity index (χ3v) is 3.81. The molecule has 4 heteroatoms. The number of carbonyl (C=O) groups is 1. The Morgan fingerprint density at radius 3 is 2.45 bits per heavy atom. The van der Waals surface area contributed by atoms with Crippen molar-refractivity contribution in [3.8, 4) is 0 Å². The number of benzene rings is 3. The number of halogens is 1. The number of fused-ring (bicyclic) bond motifs is 1. The van der Waals surface area contributed by atoms with Gasteiger partial charge >= 0.3 is 6.03 Å². The number of para-hydroxylation sites is 1. The summed E-state index contributed by atoms with van der Waals surface area (Å²) in [4.78, 5) is 12.2. The Kier molecular flexibility index (Phi) is 3.98. The molecular weight excluding hydrogens is 296 g/mol. The molecule has 0 aromatic heterocycles. The maximum absolute atomic E-state index is 12.2. The standard InChI is InChI=1S/C18H15ClN2O/c1-12-6-4-10-15(19)17(12)21-18(22)20-16-11-5-8-13-7-2-3-9-14(13)16/h2-11H,1H3,(H2,20,21,22). The van der Waals surface area contributed by atoms with Crippen LogP contribution in [0.2, 0.25) is 5.02 Å². The summed E-state index contributed by atoms with van der Waals surface area (Å²) in [5.74, 6) is 0. The predicted octanol–water partition coefficient (Wildman–Crippen LogP) is 5.45. The fourth-order valence-corrected chi connectivity index (χ4v) is 2.66. The average Bonchev–Trinajstić information content (AvgIpc) is 2.51. The van der Waals surface area contributed by atoms with Crippen LogP contribution in [-0.4, -0.2) is 6.03 Å². The Labute approximate surface area is 133 Å². The molecule has 2 N–H and O–H groups in total. The van der Waals surface area contributed by atoms with E-state index in [1.54, 1.807) is 6.07 Å². The van der Waals surface area contributed by atoms with Gasteiger partial charge in [0.25, 0.3) is 0 Å². The smallest absolute Gasteiger partial charge is 0.307 e. The third kappa shape index (κ3) is 2.90. The van der Waals surface area contributed by atoms with Crippen molar-refractivity contribution in [3.63, 3.8) is 0 Å². The minimum Gasteiger partial charge on any atom is -0.307 e. The van der Waals surface area contributed by atoms with E-state index >= 15 is 0 Å².